The minimum Gasteiger partial charge on any atom is -0.313 e. The highest BCUT2D eigenvalue weighted by atomic mass is 32.2. The van der Waals surface area contributed by atoms with Gasteiger partial charge in [0.05, 0.1) is 11.4 Å². The molecule has 1 rings (SSSR count). The Morgan fingerprint density at radius 3 is 2.76 bits per heavy atom. The molecule has 0 aliphatic heterocycles. The van der Waals surface area contributed by atoms with Crippen LogP contribution in [0, 0.1) is 0 Å². The lowest BCUT2D eigenvalue weighted by atomic mass is 10.2. The topological polar surface area (TPSA) is 64.0 Å². The first kappa shape index (κ1) is 14.2. The first-order chi connectivity index (χ1) is 7.92. The molecule has 0 aromatic carbocycles. The molecule has 0 saturated heterocycles. The highest BCUT2D eigenvalue weighted by molar-refractivity contribution is 7.90. The molecule has 0 saturated carbocycles. The summed E-state index contributed by atoms with van der Waals surface area (Å²) < 4.78 is 23.7. The number of nitrogens with one attached hydrogen (secondary N) is 1. The summed E-state index contributed by atoms with van der Waals surface area (Å²) >= 11 is 0. The summed E-state index contributed by atoms with van der Waals surface area (Å²) in [5.74, 6) is 0.244. The van der Waals surface area contributed by atoms with Gasteiger partial charge < -0.3 is 5.32 Å². The third kappa shape index (κ3) is 5.32. The van der Waals surface area contributed by atoms with Crippen molar-refractivity contribution >= 4 is 9.84 Å². The molecule has 0 bridgehead atoms. The van der Waals surface area contributed by atoms with Gasteiger partial charge in [0.2, 0.25) is 0 Å². The second kappa shape index (κ2) is 6.16. The Labute approximate surface area is 103 Å². The Bertz CT molecular complexity index is 451. The van der Waals surface area contributed by atoms with E-state index in [1.54, 1.807) is 0 Å². The van der Waals surface area contributed by atoms with Gasteiger partial charge in [0.25, 0.3) is 0 Å². The summed E-state index contributed by atoms with van der Waals surface area (Å²) in [6.07, 6.45) is 4.84. The molecule has 5 nitrogen and oxygen atoms in total. The number of aryl methyl sites for hydroxylation is 2. The lowest BCUT2D eigenvalue weighted by Gasteiger charge is -2.03. The molecule has 1 aromatic rings. The molecule has 1 aromatic heterocycles. The molecule has 0 aliphatic carbocycles. The van der Waals surface area contributed by atoms with Crippen LogP contribution in [0.1, 0.15) is 24.6 Å². The lowest BCUT2D eigenvalue weighted by molar-refractivity contribution is 0.594. The fourth-order valence-corrected chi connectivity index (χ4v) is 2.38. The highest BCUT2D eigenvalue weighted by Gasteiger charge is 2.05. The highest BCUT2D eigenvalue weighted by Crippen LogP contribution is 2.06. The van der Waals surface area contributed by atoms with Gasteiger partial charge in [-0.05, 0) is 19.4 Å². The molecule has 0 radical (unpaired) electrons. The summed E-state index contributed by atoms with van der Waals surface area (Å²) in [5.41, 5.74) is 2.29. The van der Waals surface area contributed by atoms with Crippen molar-refractivity contribution in [2.24, 2.45) is 7.05 Å². The van der Waals surface area contributed by atoms with Gasteiger partial charge >= 0.3 is 0 Å². The molecule has 17 heavy (non-hydrogen) atoms. The van der Waals surface area contributed by atoms with Crippen LogP contribution in [0.25, 0.3) is 0 Å². The van der Waals surface area contributed by atoms with E-state index in [1.165, 1.54) is 11.8 Å². The number of aromatic nitrogens is 2. The van der Waals surface area contributed by atoms with Gasteiger partial charge in [0.1, 0.15) is 9.84 Å². The van der Waals surface area contributed by atoms with Crippen LogP contribution in [0.4, 0.5) is 0 Å². The number of hydrogen-bond acceptors (Lipinski definition) is 4. The standard InChI is InChI=1S/C11H21N3O2S/c1-4-11-10(9-14(2)13-11)8-12-6-5-7-17(3,15)16/h9,12H,4-8H2,1-3H3. The zero-order valence-corrected chi connectivity index (χ0v) is 11.5. The van der Waals surface area contributed by atoms with Crippen molar-refractivity contribution in [3.05, 3.63) is 17.5 Å². The molecule has 6 heteroatoms. The maximum atomic E-state index is 10.9. The molecule has 0 atom stereocenters. The monoisotopic (exact) mass is 259 g/mol. The first-order valence-electron chi connectivity index (χ1n) is 5.82. The van der Waals surface area contributed by atoms with Crippen LogP contribution < -0.4 is 5.32 Å². The van der Waals surface area contributed by atoms with E-state index in [0.29, 0.717) is 13.0 Å². The number of nitrogens with zero attached hydrogens (tertiary/aromatic N) is 2. The van der Waals surface area contributed by atoms with E-state index in [2.05, 4.69) is 17.3 Å². The molecular weight excluding hydrogens is 238 g/mol. The minimum atomic E-state index is -2.83. The summed E-state index contributed by atoms with van der Waals surface area (Å²) in [6, 6.07) is 0. The molecule has 0 fully saturated rings. The summed E-state index contributed by atoms with van der Waals surface area (Å²) in [4.78, 5) is 0. The molecular formula is C11H21N3O2S. The van der Waals surface area contributed by atoms with Gasteiger partial charge in [-0.15, -0.1) is 0 Å². The quantitative estimate of drug-likeness (QED) is 0.725. The van der Waals surface area contributed by atoms with Gasteiger partial charge in [0, 0.05) is 31.6 Å². The van der Waals surface area contributed by atoms with E-state index in [4.69, 9.17) is 0 Å². The normalized spacial score (nSPS) is 11.9. The maximum Gasteiger partial charge on any atom is 0.147 e. The smallest absolute Gasteiger partial charge is 0.147 e. The van der Waals surface area contributed by atoms with Crippen molar-refractivity contribution in [2.45, 2.75) is 26.3 Å². The molecule has 0 aliphatic rings. The van der Waals surface area contributed by atoms with Gasteiger partial charge in [-0.25, -0.2) is 8.42 Å². The Morgan fingerprint density at radius 2 is 2.18 bits per heavy atom. The molecule has 0 unspecified atom stereocenters. The molecule has 1 heterocycles. The Hall–Kier alpha value is -0.880. The average Bonchev–Trinajstić information content (AvgIpc) is 2.57. The Kier molecular flexibility index (Phi) is 5.14. The predicted molar refractivity (Wildman–Crippen MR) is 68.6 cm³/mol. The second-order valence-corrected chi connectivity index (χ2v) is 6.55. The van der Waals surface area contributed by atoms with E-state index in [0.717, 1.165) is 18.7 Å². The van der Waals surface area contributed by atoms with E-state index < -0.39 is 9.84 Å². The second-order valence-electron chi connectivity index (χ2n) is 4.29. The van der Waals surface area contributed by atoms with Crippen molar-refractivity contribution in [1.29, 1.82) is 0 Å². The number of hydrogen-bond donors (Lipinski definition) is 1. The molecule has 1 N–H and O–H groups in total. The SMILES string of the molecule is CCc1nn(C)cc1CNCCCS(C)(=O)=O. The third-order valence-electron chi connectivity index (χ3n) is 2.51. The minimum absolute atomic E-state index is 0.244. The van der Waals surface area contributed by atoms with Gasteiger partial charge in [-0.1, -0.05) is 6.92 Å². The number of rotatable bonds is 7. The molecule has 0 amide bonds. The Morgan fingerprint density at radius 1 is 1.47 bits per heavy atom. The van der Waals surface area contributed by atoms with Gasteiger partial charge in [-0.2, -0.15) is 5.10 Å². The van der Waals surface area contributed by atoms with Crippen LogP contribution in [-0.4, -0.2) is 36.8 Å². The maximum absolute atomic E-state index is 10.9. The largest absolute Gasteiger partial charge is 0.313 e. The van der Waals surface area contributed by atoms with Crippen LogP contribution >= 0.6 is 0 Å². The summed E-state index contributed by atoms with van der Waals surface area (Å²) in [7, 11) is -0.925. The van der Waals surface area contributed by atoms with Crippen LogP contribution in [-0.2, 0) is 29.9 Å². The van der Waals surface area contributed by atoms with Crippen molar-refractivity contribution in [1.82, 2.24) is 15.1 Å². The van der Waals surface area contributed by atoms with Crippen molar-refractivity contribution in [3.63, 3.8) is 0 Å². The van der Waals surface area contributed by atoms with Crippen molar-refractivity contribution < 1.29 is 8.42 Å². The lowest BCUT2D eigenvalue weighted by Crippen LogP contribution is -2.18. The van der Waals surface area contributed by atoms with Crippen LogP contribution in [0.5, 0.6) is 0 Å². The molecule has 98 valence electrons. The van der Waals surface area contributed by atoms with Gasteiger partial charge in [-0.3, -0.25) is 4.68 Å². The van der Waals surface area contributed by atoms with Crippen molar-refractivity contribution in [2.75, 3.05) is 18.6 Å². The predicted octanol–water partition coefficient (Wildman–Crippen LogP) is 0.507. The third-order valence-corrected chi connectivity index (χ3v) is 3.54. The van der Waals surface area contributed by atoms with Crippen LogP contribution in [0.2, 0.25) is 0 Å². The van der Waals surface area contributed by atoms with E-state index >= 15 is 0 Å². The zero-order chi connectivity index (χ0) is 12.9. The van der Waals surface area contributed by atoms with Gasteiger partial charge in [0.15, 0.2) is 0 Å². The fraction of sp³-hybridized carbons (Fsp3) is 0.727. The average molecular weight is 259 g/mol. The zero-order valence-electron chi connectivity index (χ0n) is 10.7. The van der Waals surface area contributed by atoms with Crippen LogP contribution in [0.3, 0.4) is 0 Å². The Balaban J connectivity index is 2.31. The van der Waals surface area contributed by atoms with E-state index in [9.17, 15) is 8.42 Å². The number of sulfone groups is 1. The van der Waals surface area contributed by atoms with Crippen LogP contribution in [0.15, 0.2) is 6.20 Å². The van der Waals surface area contributed by atoms with E-state index in [-0.39, 0.29) is 5.75 Å². The molecule has 0 spiro atoms. The first-order valence-corrected chi connectivity index (χ1v) is 7.88. The summed E-state index contributed by atoms with van der Waals surface area (Å²) in [6.45, 7) is 3.54. The summed E-state index contributed by atoms with van der Waals surface area (Å²) in [5, 5.41) is 7.59. The fourth-order valence-electron chi connectivity index (χ4n) is 1.71. The van der Waals surface area contributed by atoms with E-state index in [1.807, 2.05) is 17.9 Å². The van der Waals surface area contributed by atoms with Crippen molar-refractivity contribution in [3.8, 4) is 0 Å².